The van der Waals surface area contributed by atoms with Crippen LogP contribution >= 0.6 is 12.4 Å². The van der Waals surface area contributed by atoms with E-state index >= 15 is 0 Å². The average Bonchev–Trinajstić information content (AvgIpc) is 2.50. The molecule has 0 spiro atoms. The lowest BCUT2D eigenvalue weighted by Crippen LogP contribution is -2.40. The average molecular weight is 351 g/mol. The minimum absolute atomic E-state index is 0. The number of piperidine rings is 1. The predicted octanol–water partition coefficient (Wildman–Crippen LogP) is 3.29. The standard InChI is InChI=1S/C16H24F2N2O2.ClH/c1-3-21-15-10-12(4-5-14(15)22-16(17)18)11-20-8-6-13(19-2)7-9-20;/h4-5,10,13,16,19H,3,6-9,11H2,1-2H3;1H. The van der Waals surface area contributed by atoms with Gasteiger partial charge in [-0.3, -0.25) is 4.90 Å². The largest absolute Gasteiger partial charge is 0.490 e. The zero-order valence-corrected chi connectivity index (χ0v) is 14.4. The highest BCUT2D eigenvalue weighted by Gasteiger charge is 2.18. The number of rotatable bonds is 7. The van der Waals surface area contributed by atoms with Crippen LogP contribution in [0, 0.1) is 0 Å². The van der Waals surface area contributed by atoms with E-state index in [0.717, 1.165) is 38.0 Å². The van der Waals surface area contributed by atoms with Crippen LogP contribution in [0.3, 0.4) is 0 Å². The van der Waals surface area contributed by atoms with E-state index in [0.29, 0.717) is 18.4 Å². The summed E-state index contributed by atoms with van der Waals surface area (Å²) in [6.07, 6.45) is 2.25. The minimum atomic E-state index is -2.84. The lowest BCUT2D eigenvalue weighted by molar-refractivity contribution is -0.0514. The summed E-state index contributed by atoms with van der Waals surface area (Å²) in [5.41, 5.74) is 1.05. The Balaban J connectivity index is 0.00000264. The maximum absolute atomic E-state index is 12.4. The van der Waals surface area contributed by atoms with Crippen LogP contribution in [0.25, 0.3) is 0 Å². The van der Waals surface area contributed by atoms with Crippen molar-refractivity contribution in [2.45, 2.75) is 39.0 Å². The molecule has 0 radical (unpaired) electrons. The van der Waals surface area contributed by atoms with Crippen molar-refractivity contribution in [3.05, 3.63) is 23.8 Å². The van der Waals surface area contributed by atoms with Crippen LogP contribution < -0.4 is 14.8 Å². The van der Waals surface area contributed by atoms with Gasteiger partial charge in [-0.15, -0.1) is 12.4 Å². The molecule has 1 aliphatic rings. The van der Waals surface area contributed by atoms with Gasteiger partial charge in [0.15, 0.2) is 11.5 Å². The van der Waals surface area contributed by atoms with E-state index in [2.05, 4.69) is 15.0 Å². The van der Waals surface area contributed by atoms with E-state index in [1.807, 2.05) is 20.0 Å². The summed E-state index contributed by atoms with van der Waals surface area (Å²) in [4.78, 5) is 2.37. The SMILES string of the molecule is CCOc1cc(CN2CCC(NC)CC2)ccc1OC(F)F.Cl. The molecule has 1 fully saturated rings. The van der Waals surface area contributed by atoms with Crippen molar-refractivity contribution in [2.24, 2.45) is 0 Å². The summed E-state index contributed by atoms with van der Waals surface area (Å²) in [5, 5.41) is 3.31. The van der Waals surface area contributed by atoms with Crippen LogP contribution in [0.1, 0.15) is 25.3 Å². The van der Waals surface area contributed by atoms with Gasteiger partial charge in [0.2, 0.25) is 0 Å². The second-order valence-corrected chi connectivity index (χ2v) is 5.43. The van der Waals surface area contributed by atoms with Crippen molar-refractivity contribution in [3.63, 3.8) is 0 Å². The normalized spacial score (nSPS) is 16.2. The highest BCUT2D eigenvalue weighted by molar-refractivity contribution is 5.85. The molecular weight excluding hydrogens is 326 g/mol. The molecule has 0 amide bonds. The molecule has 0 aromatic heterocycles. The molecule has 1 aromatic carbocycles. The van der Waals surface area contributed by atoms with Crippen LogP contribution in [0.4, 0.5) is 8.78 Å². The fourth-order valence-electron chi connectivity index (χ4n) is 2.75. The van der Waals surface area contributed by atoms with E-state index < -0.39 is 6.61 Å². The summed E-state index contributed by atoms with van der Waals surface area (Å²) in [5.74, 6) is 0.472. The number of ether oxygens (including phenoxy) is 2. The van der Waals surface area contributed by atoms with Gasteiger partial charge in [0.05, 0.1) is 6.61 Å². The van der Waals surface area contributed by atoms with Gasteiger partial charge < -0.3 is 14.8 Å². The van der Waals surface area contributed by atoms with E-state index in [9.17, 15) is 8.78 Å². The predicted molar refractivity (Wildman–Crippen MR) is 88.8 cm³/mol. The third-order valence-corrected chi connectivity index (χ3v) is 3.93. The second-order valence-electron chi connectivity index (χ2n) is 5.43. The van der Waals surface area contributed by atoms with E-state index in [1.54, 1.807) is 12.1 Å². The number of nitrogens with one attached hydrogen (secondary N) is 1. The first-order valence-corrected chi connectivity index (χ1v) is 7.72. The van der Waals surface area contributed by atoms with Crippen LogP contribution in [0.15, 0.2) is 18.2 Å². The topological polar surface area (TPSA) is 33.7 Å². The highest BCUT2D eigenvalue weighted by Crippen LogP contribution is 2.30. The van der Waals surface area contributed by atoms with Crippen molar-refractivity contribution >= 4 is 12.4 Å². The Kier molecular flexibility index (Phi) is 8.58. The first-order chi connectivity index (χ1) is 10.6. The molecule has 132 valence electrons. The molecule has 1 saturated heterocycles. The van der Waals surface area contributed by atoms with Crippen LogP contribution in [-0.2, 0) is 6.54 Å². The second kappa shape index (κ2) is 9.90. The van der Waals surface area contributed by atoms with Gasteiger partial charge in [0.25, 0.3) is 0 Å². The molecule has 4 nitrogen and oxygen atoms in total. The fourth-order valence-corrected chi connectivity index (χ4v) is 2.75. The van der Waals surface area contributed by atoms with Crippen molar-refractivity contribution in [3.8, 4) is 11.5 Å². The van der Waals surface area contributed by atoms with Gasteiger partial charge in [0, 0.05) is 12.6 Å². The molecule has 2 rings (SSSR count). The molecule has 0 saturated carbocycles. The summed E-state index contributed by atoms with van der Waals surface area (Å²) < 4.78 is 34.7. The zero-order valence-electron chi connectivity index (χ0n) is 13.6. The molecule has 23 heavy (non-hydrogen) atoms. The molecule has 0 bridgehead atoms. The van der Waals surface area contributed by atoms with E-state index in [1.165, 1.54) is 0 Å². The van der Waals surface area contributed by atoms with Gasteiger partial charge >= 0.3 is 6.61 Å². The molecule has 1 heterocycles. The summed E-state index contributed by atoms with van der Waals surface area (Å²) in [6, 6.07) is 5.78. The van der Waals surface area contributed by atoms with Gasteiger partial charge in [-0.25, -0.2) is 0 Å². The number of hydrogen-bond acceptors (Lipinski definition) is 4. The smallest absolute Gasteiger partial charge is 0.387 e. The Morgan fingerprint density at radius 3 is 2.52 bits per heavy atom. The van der Waals surface area contributed by atoms with Crippen LogP contribution in [0.5, 0.6) is 11.5 Å². The maximum Gasteiger partial charge on any atom is 0.387 e. The van der Waals surface area contributed by atoms with E-state index in [4.69, 9.17) is 4.74 Å². The molecule has 1 aromatic rings. The molecule has 0 aliphatic carbocycles. The third-order valence-electron chi connectivity index (χ3n) is 3.93. The van der Waals surface area contributed by atoms with Crippen LogP contribution in [0.2, 0.25) is 0 Å². The van der Waals surface area contributed by atoms with Crippen molar-refractivity contribution in [2.75, 3.05) is 26.7 Å². The molecule has 1 aliphatic heterocycles. The van der Waals surface area contributed by atoms with Crippen molar-refractivity contribution in [1.29, 1.82) is 0 Å². The Morgan fingerprint density at radius 2 is 1.96 bits per heavy atom. The Hall–Kier alpha value is -1.11. The van der Waals surface area contributed by atoms with Gasteiger partial charge in [-0.2, -0.15) is 8.78 Å². The van der Waals surface area contributed by atoms with Gasteiger partial charge in [-0.1, -0.05) is 6.07 Å². The molecule has 7 heteroatoms. The summed E-state index contributed by atoms with van der Waals surface area (Å²) in [7, 11) is 2.00. The fraction of sp³-hybridized carbons (Fsp3) is 0.625. The Labute approximate surface area is 142 Å². The molecule has 0 unspecified atom stereocenters. The van der Waals surface area contributed by atoms with Gasteiger partial charge in [-0.05, 0) is 57.6 Å². The van der Waals surface area contributed by atoms with E-state index in [-0.39, 0.29) is 18.2 Å². The third kappa shape index (κ3) is 6.12. The molecule has 1 N–H and O–H groups in total. The number of halogens is 3. The first-order valence-electron chi connectivity index (χ1n) is 7.72. The number of alkyl halides is 2. The molecule has 0 atom stereocenters. The quantitative estimate of drug-likeness (QED) is 0.818. The number of hydrogen-bond donors (Lipinski definition) is 1. The lowest BCUT2D eigenvalue weighted by Gasteiger charge is -2.31. The summed E-state index contributed by atoms with van der Waals surface area (Å²) >= 11 is 0. The number of nitrogens with zero attached hydrogens (tertiary/aromatic N) is 1. The molecular formula is C16H25ClF2N2O2. The Morgan fingerprint density at radius 1 is 1.26 bits per heavy atom. The number of benzene rings is 1. The number of likely N-dealkylation sites (tertiary alicyclic amines) is 1. The Bertz CT molecular complexity index is 469. The lowest BCUT2D eigenvalue weighted by atomic mass is 10.0. The highest BCUT2D eigenvalue weighted by atomic mass is 35.5. The summed E-state index contributed by atoms with van der Waals surface area (Å²) in [6.45, 7) is 2.25. The minimum Gasteiger partial charge on any atom is -0.490 e. The van der Waals surface area contributed by atoms with Crippen LogP contribution in [-0.4, -0.2) is 44.3 Å². The zero-order chi connectivity index (χ0) is 15.9. The van der Waals surface area contributed by atoms with Crippen molar-refractivity contribution in [1.82, 2.24) is 10.2 Å². The maximum atomic E-state index is 12.4. The monoisotopic (exact) mass is 350 g/mol. The van der Waals surface area contributed by atoms with Crippen molar-refractivity contribution < 1.29 is 18.3 Å². The first kappa shape index (κ1) is 19.9. The van der Waals surface area contributed by atoms with Gasteiger partial charge in [0.1, 0.15) is 0 Å².